The number of hydrogen-bond acceptors (Lipinski definition) is 4. The molecule has 2 aromatic heterocycles. The number of nitrogens with zero attached hydrogens (tertiary/aromatic N) is 3. The predicted octanol–water partition coefficient (Wildman–Crippen LogP) is 3.40. The first-order valence-electron chi connectivity index (χ1n) is 6.99. The number of carbonyl (C=O) groups excluding carboxylic acids is 1. The van der Waals surface area contributed by atoms with Gasteiger partial charge in [-0.05, 0) is 18.2 Å². The highest BCUT2D eigenvalue weighted by Crippen LogP contribution is 2.29. The Hall–Kier alpha value is -2.66. The Morgan fingerprint density at radius 2 is 2.04 bits per heavy atom. The van der Waals surface area contributed by atoms with E-state index in [0.29, 0.717) is 16.5 Å². The number of halogens is 1. The van der Waals surface area contributed by atoms with Gasteiger partial charge >= 0.3 is 0 Å². The van der Waals surface area contributed by atoms with Gasteiger partial charge in [-0.1, -0.05) is 29.8 Å². The normalized spacial score (nSPS) is 10.5. The van der Waals surface area contributed by atoms with Crippen molar-refractivity contribution in [1.82, 2.24) is 14.8 Å². The van der Waals surface area contributed by atoms with E-state index in [1.165, 1.54) is 6.20 Å². The van der Waals surface area contributed by atoms with Crippen LogP contribution in [-0.2, 0) is 7.05 Å². The van der Waals surface area contributed by atoms with E-state index in [1.54, 1.807) is 23.0 Å². The van der Waals surface area contributed by atoms with Crippen LogP contribution in [0.5, 0.6) is 5.75 Å². The van der Waals surface area contributed by atoms with E-state index < -0.39 is 0 Å². The van der Waals surface area contributed by atoms with Gasteiger partial charge in [-0.3, -0.25) is 9.48 Å². The van der Waals surface area contributed by atoms with Crippen LogP contribution in [0.1, 0.15) is 10.4 Å². The molecule has 0 bridgehead atoms. The fourth-order valence-electron chi connectivity index (χ4n) is 2.16. The average molecular weight is 328 g/mol. The topological polar surface area (TPSA) is 57.0 Å². The van der Waals surface area contributed by atoms with Crippen molar-refractivity contribution < 1.29 is 9.53 Å². The molecule has 0 saturated carbocycles. The third-order valence-corrected chi connectivity index (χ3v) is 3.53. The van der Waals surface area contributed by atoms with Gasteiger partial charge in [-0.15, -0.1) is 0 Å². The van der Waals surface area contributed by atoms with Gasteiger partial charge in [0.15, 0.2) is 6.61 Å². The van der Waals surface area contributed by atoms with E-state index in [2.05, 4.69) is 10.1 Å². The fraction of sp³-hybridized carbons (Fsp3) is 0.118. The first-order chi connectivity index (χ1) is 11.1. The van der Waals surface area contributed by atoms with Crippen LogP contribution in [0.15, 0.2) is 55.0 Å². The molecule has 3 rings (SSSR count). The number of hydrogen-bond donors (Lipinski definition) is 0. The molecule has 2 heterocycles. The minimum absolute atomic E-state index is 0.0689. The zero-order valence-corrected chi connectivity index (χ0v) is 13.2. The minimum atomic E-state index is -0.157. The lowest BCUT2D eigenvalue weighted by atomic mass is 10.1. The molecule has 1 aromatic carbocycles. The van der Waals surface area contributed by atoms with E-state index >= 15 is 0 Å². The number of carbonyl (C=O) groups is 1. The first kappa shape index (κ1) is 15.2. The number of aryl methyl sites for hydroxylation is 1. The number of pyridine rings is 1. The first-order valence-corrected chi connectivity index (χ1v) is 7.37. The Bertz CT molecular complexity index is 828. The molecule has 5 nitrogen and oxygen atoms in total. The number of aromatic nitrogens is 3. The molecule has 3 aromatic rings. The maximum atomic E-state index is 12.2. The predicted molar refractivity (Wildman–Crippen MR) is 87.7 cm³/mol. The van der Waals surface area contributed by atoms with Gasteiger partial charge in [-0.2, -0.15) is 5.10 Å². The van der Waals surface area contributed by atoms with Crippen LogP contribution in [0.4, 0.5) is 0 Å². The average Bonchev–Trinajstić information content (AvgIpc) is 3.00. The number of rotatable bonds is 5. The van der Waals surface area contributed by atoms with Gasteiger partial charge in [-0.25, -0.2) is 4.98 Å². The second kappa shape index (κ2) is 6.62. The van der Waals surface area contributed by atoms with E-state index in [-0.39, 0.29) is 12.4 Å². The molecule has 0 atom stereocenters. The molecule has 116 valence electrons. The quantitative estimate of drug-likeness (QED) is 0.532. The lowest BCUT2D eigenvalue weighted by molar-refractivity contribution is 0.0921. The van der Waals surface area contributed by atoms with Gasteiger partial charge in [0.2, 0.25) is 5.78 Å². The van der Waals surface area contributed by atoms with Crippen molar-refractivity contribution in [2.24, 2.45) is 7.05 Å². The number of ether oxygens (including phenoxy) is 1. The van der Waals surface area contributed by atoms with Crippen LogP contribution in [0, 0.1) is 0 Å². The van der Waals surface area contributed by atoms with Crippen LogP contribution in [-0.4, -0.2) is 27.2 Å². The molecule has 0 radical (unpaired) electrons. The van der Waals surface area contributed by atoms with Crippen LogP contribution >= 0.6 is 11.6 Å². The number of para-hydroxylation sites is 1. The van der Waals surface area contributed by atoms with Crippen LogP contribution in [0.3, 0.4) is 0 Å². The molecule has 0 aliphatic heterocycles. The van der Waals surface area contributed by atoms with Gasteiger partial charge < -0.3 is 4.74 Å². The van der Waals surface area contributed by atoms with Gasteiger partial charge in [0.25, 0.3) is 0 Å². The summed E-state index contributed by atoms with van der Waals surface area (Å²) < 4.78 is 7.42. The van der Waals surface area contributed by atoms with Crippen molar-refractivity contribution in [2.75, 3.05) is 6.61 Å². The molecule has 0 aliphatic carbocycles. The Balaban J connectivity index is 1.76. The molecule has 6 heteroatoms. The van der Waals surface area contributed by atoms with E-state index in [1.807, 2.05) is 37.5 Å². The summed E-state index contributed by atoms with van der Waals surface area (Å²) in [5, 5.41) is 4.51. The molecule has 0 amide bonds. The van der Waals surface area contributed by atoms with Crippen molar-refractivity contribution in [2.45, 2.75) is 0 Å². The Morgan fingerprint density at radius 1 is 1.22 bits per heavy atom. The van der Waals surface area contributed by atoms with Crippen molar-refractivity contribution in [3.63, 3.8) is 0 Å². The summed E-state index contributed by atoms with van der Waals surface area (Å²) >= 11 is 5.72. The standard InChI is InChI=1S/C17H14ClN3O2/c1-21-10-13(9-20-21)14-4-2-3-5-16(14)23-11-15(22)12-6-7-17(18)19-8-12/h2-10H,11H2,1H3. The molecule has 0 saturated heterocycles. The number of benzene rings is 1. The smallest absolute Gasteiger partial charge is 0.201 e. The zero-order valence-electron chi connectivity index (χ0n) is 12.4. The molecule has 0 N–H and O–H groups in total. The summed E-state index contributed by atoms with van der Waals surface area (Å²) in [6.07, 6.45) is 5.10. The third kappa shape index (κ3) is 3.57. The van der Waals surface area contributed by atoms with Crippen molar-refractivity contribution in [3.05, 3.63) is 65.7 Å². The molecular weight excluding hydrogens is 314 g/mol. The lowest BCUT2D eigenvalue weighted by Crippen LogP contribution is -2.12. The molecule has 0 spiro atoms. The fourth-order valence-corrected chi connectivity index (χ4v) is 2.27. The summed E-state index contributed by atoms with van der Waals surface area (Å²) in [5.74, 6) is 0.478. The maximum absolute atomic E-state index is 12.2. The Kier molecular flexibility index (Phi) is 4.39. The van der Waals surface area contributed by atoms with Gasteiger partial charge in [0.05, 0.1) is 6.20 Å². The van der Waals surface area contributed by atoms with E-state index in [4.69, 9.17) is 16.3 Å². The second-order valence-corrected chi connectivity index (χ2v) is 5.37. The maximum Gasteiger partial charge on any atom is 0.201 e. The molecule has 0 unspecified atom stereocenters. The molecule has 0 fully saturated rings. The number of ketones is 1. The summed E-state index contributed by atoms with van der Waals surface area (Å²) in [7, 11) is 1.85. The highest BCUT2D eigenvalue weighted by atomic mass is 35.5. The third-order valence-electron chi connectivity index (χ3n) is 3.31. The zero-order chi connectivity index (χ0) is 16.2. The summed E-state index contributed by atoms with van der Waals surface area (Å²) in [6, 6.07) is 10.8. The summed E-state index contributed by atoms with van der Waals surface area (Å²) in [4.78, 5) is 16.1. The monoisotopic (exact) mass is 327 g/mol. The van der Waals surface area contributed by atoms with E-state index in [0.717, 1.165) is 11.1 Å². The van der Waals surface area contributed by atoms with Crippen molar-refractivity contribution in [3.8, 4) is 16.9 Å². The Labute approximate surface area is 138 Å². The molecule has 0 aliphatic rings. The highest BCUT2D eigenvalue weighted by Gasteiger charge is 2.11. The summed E-state index contributed by atoms with van der Waals surface area (Å²) in [6.45, 7) is -0.0689. The summed E-state index contributed by atoms with van der Waals surface area (Å²) in [5.41, 5.74) is 2.29. The minimum Gasteiger partial charge on any atom is -0.485 e. The van der Waals surface area contributed by atoms with Crippen LogP contribution in [0.2, 0.25) is 5.15 Å². The SMILES string of the molecule is Cn1cc(-c2ccccc2OCC(=O)c2ccc(Cl)nc2)cn1. The van der Waals surface area contributed by atoms with Crippen LogP contribution < -0.4 is 4.74 Å². The highest BCUT2D eigenvalue weighted by molar-refractivity contribution is 6.29. The Morgan fingerprint density at radius 3 is 2.74 bits per heavy atom. The van der Waals surface area contributed by atoms with Crippen molar-refractivity contribution in [1.29, 1.82) is 0 Å². The lowest BCUT2D eigenvalue weighted by Gasteiger charge is -2.09. The van der Waals surface area contributed by atoms with Crippen LogP contribution in [0.25, 0.3) is 11.1 Å². The number of Topliss-reactive ketones (excluding diaryl/α,β-unsaturated/α-hetero) is 1. The molecular formula is C17H14ClN3O2. The van der Waals surface area contributed by atoms with E-state index in [9.17, 15) is 4.79 Å². The molecule has 23 heavy (non-hydrogen) atoms. The van der Waals surface area contributed by atoms with Gasteiger partial charge in [0.1, 0.15) is 10.9 Å². The van der Waals surface area contributed by atoms with Gasteiger partial charge in [0, 0.05) is 36.1 Å². The van der Waals surface area contributed by atoms with Crippen molar-refractivity contribution >= 4 is 17.4 Å². The largest absolute Gasteiger partial charge is 0.485 e. The second-order valence-electron chi connectivity index (χ2n) is 4.98.